The zero-order valence-corrected chi connectivity index (χ0v) is 11.1. The number of piperidine rings is 2. The molecule has 4 atom stereocenters. The molecule has 2 bridgehead atoms. The Morgan fingerprint density at radius 3 is 2.67 bits per heavy atom. The molecule has 2 fully saturated rings. The molecule has 3 rings (SSSR count). The number of aliphatic hydroxyl groups excluding tert-OH is 1. The second kappa shape index (κ2) is 5.02. The Morgan fingerprint density at radius 1 is 1.11 bits per heavy atom. The minimum absolute atomic E-state index is 0.118. The number of hydrogen-bond acceptors (Lipinski definition) is 2. The fraction of sp³-hybridized carbons (Fsp3) is 0.625. The van der Waals surface area contributed by atoms with Gasteiger partial charge in [-0.05, 0) is 38.2 Å². The van der Waals surface area contributed by atoms with Crippen molar-refractivity contribution in [2.24, 2.45) is 0 Å². The number of nitrogens with zero attached hydrogens (tertiary/aromatic N) is 1. The Morgan fingerprint density at radius 2 is 1.89 bits per heavy atom. The fourth-order valence-corrected chi connectivity index (χ4v) is 3.88. The highest BCUT2D eigenvalue weighted by Gasteiger charge is 2.41. The Bertz CT molecular complexity index is 391. The first-order chi connectivity index (χ1) is 8.77. The van der Waals surface area contributed by atoms with E-state index in [4.69, 9.17) is 0 Å². The maximum absolute atomic E-state index is 10.2. The summed E-state index contributed by atoms with van der Waals surface area (Å²) < 4.78 is 0. The molecule has 98 valence electrons. The van der Waals surface area contributed by atoms with E-state index in [0.717, 1.165) is 19.3 Å². The zero-order chi connectivity index (χ0) is 12.5. The Kier molecular flexibility index (Phi) is 3.40. The lowest BCUT2D eigenvalue weighted by Crippen LogP contribution is -2.56. The molecule has 2 aliphatic rings. The fourth-order valence-electron chi connectivity index (χ4n) is 3.88. The molecule has 0 saturated carbocycles. The van der Waals surface area contributed by atoms with Crippen molar-refractivity contribution < 1.29 is 5.11 Å². The number of aliphatic hydroxyl groups is 1. The van der Waals surface area contributed by atoms with E-state index < -0.39 is 0 Å². The summed E-state index contributed by atoms with van der Waals surface area (Å²) in [5, 5.41) is 10.2. The molecule has 0 radical (unpaired) electrons. The van der Waals surface area contributed by atoms with Gasteiger partial charge in [0.05, 0.1) is 6.10 Å². The summed E-state index contributed by atoms with van der Waals surface area (Å²) in [7, 11) is 0. The maximum atomic E-state index is 10.2. The van der Waals surface area contributed by atoms with Gasteiger partial charge in [-0.15, -0.1) is 0 Å². The summed E-state index contributed by atoms with van der Waals surface area (Å²) in [6, 6.07) is 12.2. The molecule has 2 heteroatoms. The summed E-state index contributed by atoms with van der Waals surface area (Å²) in [5.74, 6) is 0. The van der Waals surface area contributed by atoms with Crippen molar-refractivity contribution in [3.63, 3.8) is 0 Å². The van der Waals surface area contributed by atoms with Crippen LogP contribution in [0, 0.1) is 0 Å². The Labute approximate surface area is 110 Å². The molecule has 0 aromatic heterocycles. The van der Waals surface area contributed by atoms with Crippen LogP contribution in [0.4, 0.5) is 0 Å². The predicted molar refractivity (Wildman–Crippen MR) is 73.4 cm³/mol. The van der Waals surface area contributed by atoms with Crippen LogP contribution >= 0.6 is 0 Å². The number of benzene rings is 1. The number of rotatable bonds is 2. The molecule has 0 unspecified atom stereocenters. The number of fused-ring (bicyclic) bond motifs is 2. The molecule has 2 aliphatic heterocycles. The molecule has 18 heavy (non-hydrogen) atoms. The highest BCUT2D eigenvalue weighted by Crippen LogP contribution is 2.39. The maximum Gasteiger partial charge on any atom is 0.0696 e. The van der Waals surface area contributed by atoms with Gasteiger partial charge in [-0.25, -0.2) is 0 Å². The van der Waals surface area contributed by atoms with Gasteiger partial charge < -0.3 is 5.11 Å². The molecule has 2 saturated heterocycles. The van der Waals surface area contributed by atoms with Gasteiger partial charge in [0.2, 0.25) is 0 Å². The van der Waals surface area contributed by atoms with Gasteiger partial charge in [0, 0.05) is 18.1 Å². The first-order valence-electron chi connectivity index (χ1n) is 7.28. The van der Waals surface area contributed by atoms with Gasteiger partial charge in [0.1, 0.15) is 0 Å². The van der Waals surface area contributed by atoms with Crippen LogP contribution in [-0.4, -0.2) is 28.2 Å². The van der Waals surface area contributed by atoms with Gasteiger partial charge in [-0.1, -0.05) is 36.8 Å². The molecular formula is C16H23NO. The monoisotopic (exact) mass is 245 g/mol. The van der Waals surface area contributed by atoms with Gasteiger partial charge >= 0.3 is 0 Å². The van der Waals surface area contributed by atoms with E-state index in [-0.39, 0.29) is 6.10 Å². The van der Waals surface area contributed by atoms with Crippen molar-refractivity contribution in [1.29, 1.82) is 0 Å². The van der Waals surface area contributed by atoms with E-state index >= 15 is 0 Å². The molecule has 0 amide bonds. The highest BCUT2D eigenvalue weighted by atomic mass is 16.3. The van der Waals surface area contributed by atoms with Crippen LogP contribution < -0.4 is 0 Å². The summed E-state index contributed by atoms with van der Waals surface area (Å²) in [5.41, 5.74) is 1.38. The quantitative estimate of drug-likeness (QED) is 0.865. The summed E-state index contributed by atoms with van der Waals surface area (Å²) >= 11 is 0. The zero-order valence-electron chi connectivity index (χ0n) is 11.1. The first-order valence-corrected chi connectivity index (χ1v) is 7.28. The van der Waals surface area contributed by atoms with Crippen molar-refractivity contribution in [3.8, 4) is 0 Å². The first kappa shape index (κ1) is 12.2. The lowest BCUT2D eigenvalue weighted by molar-refractivity contribution is -0.0685. The third kappa shape index (κ3) is 2.08. The van der Waals surface area contributed by atoms with E-state index in [1.54, 1.807) is 0 Å². The second-order valence-corrected chi connectivity index (χ2v) is 5.83. The number of hydrogen-bond donors (Lipinski definition) is 1. The molecule has 0 spiro atoms. The van der Waals surface area contributed by atoms with Crippen LogP contribution in [0.15, 0.2) is 30.3 Å². The largest absolute Gasteiger partial charge is 0.391 e. The smallest absolute Gasteiger partial charge is 0.0696 e. The van der Waals surface area contributed by atoms with Crippen molar-refractivity contribution in [2.45, 2.75) is 63.3 Å². The van der Waals surface area contributed by atoms with Crippen molar-refractivity contribution in [2.75, 3.05) is 0 Å². The highest BCUT2D eigenvalue weighted by molar-refractivity contribution is 5.19. The average molecular weight is 245 g/mol. The molecule has 1 N–H and O–H groups in total. The second-order valence-electron chi connectivity index (χ2n) is 5.83. The molecule has 2 nitrogen and oxygen atoms in total. The van der Waals surface area contributed by atoms with Gasteiger partial charge in [0.25, 0.3) is 0 Å². The van der Waals surface area contributed by atoms with E-state index in [9.17, 15) is 5.11 Å². The summed E-state index contributed by atoms with van der Waals surface area (Å²) in [6.07, 6.45) is 5.79. The van der Waals surface area contributed by atoms with Crippen molar-refractivity contribution in [1.82, 2.24) is 4.90 Å². The van der Waals surface area contributed by atoms with Gasteiger partial charge in [-0.3, -0.25) is 4.90 Å². The van der Waals surface area contributed by atoms with Crippen LogP contribution in [-0.2, 0) is 0 Å². The topological polar surface area (TPSA) is 23.5 Å². The van der Waals surface area contributed by atoms with E-state index in [0.29, 0.717) is 18.1 Å². The lowest BCUT2D eigenvalue weighted by Gasteiger charge is -2.51. The van der Waals surface area contributed by atoms with E-state index in [1.165, 1.54) is 18.4 Å². The van der Waals surface area contributed by atoms with Crippen LogP contribution in [0.25, 0.3) is 0 Å². The van der Waals surface area contributed by atoms with Crippen LogP contribution in [0.1, 0.15) is 50.6 Å². The van der Waals surface area contributed by atoms with Crippen LogP contribution in [0.5, 0.6) is 0 Å². The minimum atomic E-state index is -0.118. The molecule has 1 aromatic carbocycles. The average Bonchev–Trinajstić information content (AvgIpc) is 2.43. The van der Waals surface area contributed by atoms with Crippen LogP contribution in [0.3, 0.4) is 0 Å². The van der Waals surface area contributed by atoms with Crippen molar-refractivity contribution in [3.05, 3.63) is 35.9 Å². The lowest BCUT2D eigenvalue weighted by atomic mass is 9.81. The Hall–Kier alpha value is -0.860. The predicted octanol–water partition coefficient (Wildman–Crippen LogP) is 3.13. The third-order valence-corrected chi connectivity index (χ3v) is 4.81. The van der Waals surface area contributed by atoms with E-state index in [1.807, 2.05) is 0 Å². The normalized spacial score (nSPS) is 34.2. The van der Waals surface area contributed by atoms with Gasteiger partial charge in [-0.2, -0.15) is 0 Å². The molecule has 2 heterocycles. The summed E-state index contributed by atoms with van der Waals surface area (Å²) in [6.45, 7) is 2.29. The summed E-state index contributed by atoms with van der Waals surface area (Å²) in [4.78, 5) is 2.59. The molecular weight excluding hydrogens is 222 g/mol. The molecule has 0 aliphatic carbocycles. The van der Waals surface area contributed by atoms with Crippen LogP contribution in [0.2, 0.25) is 0 Å². The van der Waals surface area contributed by atoms with Gasteiger partial charge in [0.15, 0.2) is 0 Å². The van der Waals surface area contributed by atoms with Crippen molar-refractivity contribution >= 4 is 0 Å². The van der Waals surface area contributed by atoms with E-state index in [2.05, 4.69) is 42.2 Å². The Balaban J connectivity index is 1.86. The third-order valence-electron chi connectivity index (χ3n) is 4.81. The SMILES string of the molecule is C[C@H](c1ccccc1)N1[C@H]2CCC[C@@H]1[C@H](O)CC2. The minimum Gasteiger partial charge on any atom is -0.391 e. The standard InChI is InChI=1S/C16H23NO/c1-12(13-6-3-2-4-7-13)17-14-8-5-9-15(17)16(18)11-10-14/h2-4,6-7,12,14-16,18H,5,8-11H2,1H3/t12-,14+,15-,16-/m1/s1. The molecule has 1 aromatic rings.